The minimum atomic E-state index is -4.50. The van der Waals surface area contributed by atoms with E-state index in [4.69, 9.17) is 0 Å². The number of alkyl halides is 3. The van der Waals surface area contributed by atoms with Crippen LogP contribution < -0.4 is 5.32 Å². The molecule has 5 rings (SSSR count). The highest BCUT2D eigenvalue weighted by molar-refractivity contribution is 5.92. The van der Waals surface area contributed by atoms with E-state index in [0.717, 1.165) is 24.1 Å². The van der Waals surface area contributed by atoms with E-state index in [2.05, 4.69) is 15.4 Å². The van der Waals surface area contributed by atoms with Crippen LogP contribution in [0.3, 0.4) is 0 Å². The molecule has 0 unspecified atom stereocenters. The quantitative estimate of drug-likeness (QED) is 0.826. The van der Waals surface area contributed by atoms with Crippen molar-refractivity contribution < 1.29 is 22.8 Å². The van der Waals surface area contributed by atoms with Crippen molar-refractivity contribution in [3.63, 3.8) is 0 Å². The number of fused-ring (bicyclic) bond motifs is 1. The molecule has 1 aliphatic heterocycles. The van der Waals surface area contributed by atoms with Crippen LogP contribution >= 0.6 is 0 Å². The van der Waals surface area contributed by atoms with Gasteiger partial charge in [0.15, 0.2) is 5.65 Å². The van der Waals surface area contributed by atoms with Crippen molar-refractivity contribution in [3.05, 3.63) is 30.0 Å². The van der Waals surface area contributed by atoms with Gasteiger partial charge in [-0.3, -0.25) is 14.9 Å². The van der Waals surface area contributed by atoms with Crippen LogP contribution in [0.15, 0.2) is 24.3 Å². The van der Waals surface area contributed by atoms with Crippen LogP contribution in [0, 0.1) is 11.3 Å². The lowest BCUT2D eigenvalue weighted by Crippen LogP contribution is -2.45. The van der Waals surface area contributed by atoms with Crippen LogP contribution in [0.2, 0.25) is 0 Å². The maximum atomic E-state index is 13.3. The number of nitrogens with one attached hydrogen (secondary N) is 1. The molecule has 1 N–H and O–H groups in total. The third-order valence-electron chi connectivity index (χ3n) is 6.07. The van der Waals surface area contributed by atoms with Gasteiger partial charge in [-0.05, 0) is 49.8 Å². The summed E-state index contributed by atoms with van der Waals surface area (Å²) in [5.74, 6) is -0.646. The van der Waals surface area contributed by atoms with E-state index in [9.17, 15) is 22.8 Å². The monoisotopic (exact) mass is 419 g/mol. The summed E-state index contributed by atoms with van der Waals surface area (Å²) in [7, 11) is 0. The summed E-state index contributed by atoms with van der Waals surface area (Å²) in [4.78, 5) is 30.0. The van der Waals surface area contributed by atoms with Crippen LogP contribution in [0.4, 0.5) is 19.1 Å². The zero-order valence-corrected chi connectivity index (χ0v) is 16.1. The van der Waals surface area contributed by atoms with Gasteiger partial charge in [0.05, 0.1) is 5.69 Å². The number of amides is 2. The summed E-state index contributed by atoms with van der Waals surface area (Å²) in [5.41, 5.74) is 0.00769. The third kappa shape index (κ3) is 3.14. The van der Waals surface area contributed by atoms with Crippen LogP contribution in [0.5, 0.6) is 0 Å². The Labute approximate surface area is 169 Å². The predicted octanol–water partition coefficient (Wildman–Crippen LogP) is 3.04. The molecule has 2 aliphatic carbocycles. The van der Waals surface area contributed by atoms with Gasteiger partial charge in [0.25, 0.3) is 0 Å². The molecule has 2 saturated carbocycles. The highest BCUT2D eigenvalue weighted by Crippen LogP contribution is 2.58. The second kappa shape index (κ2) is 6.55. The molecule has 0 spiro atoms. The second-order valence-corrected chi connectivity index (χ2v) is 8.19. The average Bonchev–Trinajstić information content (AvgIpc) is 3.62. The fraction of sp³-hybridized carbons (Fsp3) is 0.500. The van der Waals surface area contributed by atoms with Gasteiger partial charge in [-0.2, -0.15) is 18.2 Å². The first kappa shape index (κ1) is 19.1. The molecular formula is C20H20F3N5O2. The van der Waals surface area contributed by atoms with Gasteiger partial charge in [0, 0.05) is 19.0 Å². The lowest BCUT2D eigenvalue weighted by atomic mass is 10.00. The Morgan fingerprint density at radius 3 is 2.57 bits per heavy atom. The molecule has 0 atom stereocenters. The summed E-state index contributed by atoms with van der Waals surface area (Å²) in [6.45, 7) is 0.348. The number of halogens is 3. The fourth-order valence-corrected chi connectivity index (χ4v) is 3.89. The van der Waals surface area contributed by atoms with Crippen molar-refractivity contribution in [1.82, 2.24) is 19.5 Å². The van der Waals surface area contributed by atoms with E-state index >= 15 is 0 Å². The zero-order valence-electron chi connectivity index (χ0n) is 16.1. The summed E-state index contributed by atoms with van der Waals surface area (Å²) in [6.07, 6.45) is -0.812. The van der Waals surface area contributed by atoms with Gasteiger partial charge >= 0.3 is 6.18 Å². The number of hydrogen-bond acceptors (Lipinski definition) is 4. The first-order valence-electron chi connectivity index (χ1n) is 10.0. The summed E-state index contributed by atoms with van der Waals surface area (Å²) >= 11 is 0. The van der Waals surface area contributed by atoms with Crippen molar-refractivity contribution >= 4 is 29.0 Å². The van der Waals surface area contributed by atoms with Crippen molar-refractivity contribution in [2.75, 3.05) is 18.4 Å². The standard InChI is InChI=1S/C20H20F3N5O2/c21-20(22,23)19(8-9-19)17(30)27-10-6-12(7-11-27)14-2-1-3-15-24-18(26-28(14)15)25-16(29)13-4-5-13/h1-3,6,13H,4-5,7-11H2,(H,25,26,29). The van der Waals surface area contributed by atoms with Crippen LogP contribution in [0.25, 0.3) is 11.2 Å². The highest BCUT2D eigenvalue weighted by atomic mass is 19.4. The molecule has 30 heavy (non-hydrogen) atoms. The van der Waals surface area contributed by atoms with Gasteiger partial charge in [0.1, 0.15) is 5.41 Å². The second-order valence-electron chi connectivity index (χ2n) is 8.19. The number of carbonyl (C=O) groups is 2. The summed E-state index contributed by atoms with van der Waals surface area (Å²) < 4.78 is 41.4. The molecule has 2 fully saturated rings. The van der Waals surface area contributed by atoms with Gasteiger partial charge in [0.2, 0.25) is 17.8 Å². The Hall–Kier alpha value is -2.91. The highest BCUT2D eigenvalue weighted by Gasteiger charge is 2.69. The van der Waals surface area contributed by atoms with Gasteiger partial charge in [-0.1, -0.05) is 12.1 Å². The number of nitrogens with zero attached hydrogens (tertiary/aromatic N) is 4. The number of aromatic nitrogens is 3. The Kier molecular flexibility index (Phi) is 4.16. The molecule has 7 nitrogen and oxygen atoms in total. The van der Waals surface area contributed by atoms with Gasteiger partial charge in [-0.25, -0.2) is 4.52 Å². The first-order valence-corrected chi connectivity index (χ1v) is 10.0. The molecule has 0 saturated heterocycles. The van der Waals surface area contributed by atoms with E-state index < -0.39 is 17.5 Å². The van der Waals surface area contributed by atoms with Gasteiger partial charge < -0.3 is 4.90 Å². The largest absolute Gasteiger partial charge is 0.403 e. The minimum Gasteiger partial charge on any atom is -0.338 e. The molecule has 0 aromatic carbocycles. The lowest BCUT2D eigenvalue weighted by Gasteiger charge is -2.31. The zero-order chi connectivity index (χ0) is 21.1. The fourth-order valence-electron chi connectivity index (χ4n) is 3.89. The molecule has 0 bridgehead atoms. The molecule has 3 heterocycles. The number of pyridine rings is 1. The minimum absolute atomic E-state index is 0.0344. The van der Waals surface area contributed by atoms with Gasteiger partial charge in [-0.15, -0.1) is 5.10 Å². The Bertz CT molecular complexity index is 1070. The predicted molar refractivity (Wildman–Crippen MR) is 101 cm³/mol. The van der Waals surface area contributed by atoms with Crippen LogP contribution in [-0.2, 0) is 9.59 Å². The Morgan fingerprint density at radius 1 is 1.20 bits per heavy atom. The molecule has 158 valence electrons. The number of hydrogen-bond donors (Lipinski definition) is 1. The van der Waals surface area contributed by atoms with E-state index in [0.29, 0.717) is 12.1 Å². The van der Waals surface area contributed by atoms with Crippen molar-refractivity contribution in [3.8, 4) is 0 Å². The van der Waals surface area contributed by atoms with E-state index in [1.54, 1.807) is 16.7 Å². The number of rotatable bonds is 4. The third-order valence-corrected chi connectivity index (χ3v) is 6.07. The Balaban J connectivity index is 1.35. The SMILES string of the molecule is O=C(Nc1nc2cccc(C3=CCN(C(=O)C4(C(F)(F)F)CC4)CC3)n2n1)C1CC1. The summed E-state index contributed by atoms with van der Waals surface area (Å²) in [6, 6.07) is 5.42. The van der Waals surface area contributed by atoms with E-state index in [1.807, 2.05) is 12.1 Å². The van der Waals surface area contributed by atoms with E-state index in [-0.39, 0.29) is 43.7 Å². The molecule has 0 radical (unpaired) electrons. The normalized spacial score (nSPS) is 20.8. The van der Waals surface area contributed by atoms with Crippen LogP contribution in [-0.4, -0.2) is 50.6 Å². The molecule has 2 aromatic rings. The van der Waals surface area contributed by atoms with Crippen LogP contribution in [0.1, 0.15) is 37.8 Å². The number of anilines is 1. The molecule has 3 aliphatic rings. The van der Waals surface area contributed by atoms with Crippen molar-refractivity contribution in [1.29, 1.82) is 0 Å². The van der Waals surface area contributed by atoms with E-state index in [1.165, 1.54) is 4.90 Å². The number of carbonyl (C=O) groups excluding carboxylic acids is 2. The Morgan fingerprint density at radius 2 is 1.97 bits per heavy atom. The molecule has 10 heteroatoms. The van der Waals surface area contributed by atoms with Crippen molar-refractivity contribution in [2.24, 2.45) is 11.3 Å². The molecular weight excluding hydrogens is 399 g/mol. The van der Waals surface area contributed by atoms with Crippen molar-refractivity contribution in [2.45, 2.75) is 38.3 Å². The molecule has 2 aromatic heterocycles. The average molecular weight is 419 g/mol. The topological polar surface area (TPSA) is 79.6 Å². The summed E-state index contributed by atoms with van der Waals surface area (Å²) in [5, 5.41) is 7.10. The molecule has 2 amide bonds. The maximum Gasteiger partial charge on any atom is 0.403 e. The lowest BCUT2D eigenvalue weighted by molar-refractivity contribution is -0.198. The smallest absolute Gasteiger partial charge is 0.338 e. The maximum absolute atomic E-state index is 13.3. The first-order chi connectivity index (χ1) is 14.3.